The van der Waals surface area contributed by atoms with Gasteiger partial charge in [0.05, 0.1) is 5.56 Å². The van der Waals surface area contributed by atoms with Gasteiger partial charge < -0.3 is 14.9 Å². The fraction of sp³-hybridized carbons (Fsp3) is 0.133. The van der Waals surface area contributed by atoms with Gasteiger partial charge in [0, 0.05) is 6.07 Å². The molecule has 0 aliphatic heterocycles. The fourth-order valence-electron chi connectivity index (χ4n) is 1.74. The van der Waals surface area contributed by atoms with Crippen LogP contribution < -0.4 is 4.74 Å². The molecule has 0 aliphatic carbocycles. The second-order valence-corrected chi connectivity index (χ2v) is 4.42. The summed E-state index contributed by atoms with van der Waals surface area (Å²) in [6, 6.07) is 5.48. The van der Waals surface area contributed by atoms with E-state index < -0.39 is 35.5 Å². The van der Waals surface area contributed by atoms with E-state index in [9.17, 15) is 23.8 Å². The van der Waals surface area contributed by atoms with Crippen LogP contribution in [-0.4, -0.2) is 22.6 Å². The Morgan fingerprint density at radius 3 is 2.38 bits per heavy atom. The van der Waals surface area contributed by atoms with E-state index >= 15 is 0 Å². The average molecular weight is 294 g/mol. The van der Waals surface area contributed by atoms with Crippen molar-refractivity contribution >= 4 is 5.78 Å². The number of phenols is 2. The second kappa shape index (κ2) is 5.78. The summed E-state index contributed by atoms with van der Waals surface area (Å²) in [5.74, 6) is -3.76. The van der Waals surface area contributed by atoms with Crippen LogP contribution in [0, 0.1) is 18.6 Å². The lowest BCUT2D eigenvalue weighted by atomic mass is 10.1. The minimum Gasteiger partial charge on any atom is -0.508 e. The number of aromatic hydroxyl groups is 2. The number of rotatable bonds is 4. The monoisotopic (exact) mass is 294 g/mol. The second-order valence-electron chi connectivity index (χ2n) is 4.42. The number of hydrogen-bond donors (Lipinski definition) is 2. The van der Waals surface area contributed by atoms with Crippen LogP contribution in [0.4, 0.5) is 8.78 Å². The normalized spacial score (nSPS) is 10.4. The predicted molar refractivity (Wildman–Crippen MR) is 70.7 cm³/mol. The third-order valence-electron chi connectivity index (χ3n) is 2.88. The van der Waals surface area contributed by atoms with E-state index in [2.05, 4.69) is 0 Å². The first kappa shape index (κ1) is 14.8. The number of ketones is 1. The summed E-state index contributed by atoms with van der Waals surface area (Å²) in [5.41, 5.74) is 0.287. The van der Waals surface area contributed by atoms with Crippen molar-refractivity contribution in [3.05, 3.63) is 53.1 Å². The Morgan fingerprint density at radius 1 is 1.14 bits per heavy atom. The molecule has 0 radical (unpaired) electrons. The maximum atomic E-state index is 13.3. The minimum atomic E-state index is -0.922. The van der Waals surface area contributed by atoms with Crippen molar-refractivity contribution in [2.75, 3.05) is 6.61 Å². The summed E-state index contributed by atoms with van der Waals surface area (Å²) in [4.78, 5) is 11.9. The summed E-state index contributed by atoms with van der Waals surface area (Å²) < 4.78 is 31.5. The number of carbonyl (C=O) groups is 1. The van der Waals surface area contributed by atoms with Crippen LogP contribution in [0.1, 0.15) is 15.9 Å². The third-order valence-corrected chi connectivity index (χ3v) is 2.88. The van der Waals surface area contributed by atoms with Gasteiger partial charge in [-0.15, -0.1) is 0 Å². The van der Waals surface area contributed by atoms with Gasteiger partial charge in [0.1, 0.15) is 11.5 Å². The summed E-state index contributed by atoms with van der Waals surface area (Å²) in [6.07, 6.45) is 0. The van der Waals surface area contributed by atoms with E-state index in [1.807, 2.05) is 0 Å². The first-order valence-electron chi connectivity index (χ1n) is 6.02. The largest absolute Gasteiger partial charge is 0.508 e. The van der Waals surface area contributed by atoms with Crippen LogP contribution in [0.2, 0.25) is 0 Å². The molecule has 0 fully saturated rings. The third kappa shape index (κ3) is 3.10. The Balaban J connectivity index is 2.18. The molecular weight excluding hydrogens is 282 g/mol. The van der Waals surface area contributed by atoms with Crippen molar-refractivity contribution in [3.63, 3.8) is 0 Å². The molecule has 0 heterocycles. The molecule has 0 saturated heterocycles. The highest BCUT2D eigenvalue weighted by atomic mass is 19.1. The molecule has 0 spiro atoms. The predicted octanol–water partition coefficient (Wildman–Crippen LogP) is 2.95. The van der Waals surface area contributed by atoms with E-state index in [-0.39, 0.29) is 11.3 Å². The average Bonchev–Trinajstić information content (AvgIpc) is 2.42. The van der Waals surface area contributed by atoms with Gasteiger partial charge in [-0.05, 0) is 30.7 Å². The Labute approximate surface area is 119 Å². The van der Waals surface area contributed by atoms with Crippen LogP contribution >= 0.6 is 0 Å². The number of hydrogen-bond acceptors (Lipinski definition) is 4. The fourth-order valence-corrected chi connectivity index (χ4v) is 1.74. The zero-order chi connectivity index (χ0) is 15.6. The van der Waals surface area contributed by atoms with Gasteiger partial charge in [-0.3, -0.25) is 4.79 Å². The van der Waals surface area contributed by atoms with Gasteiger partial charge in [0.15, 0.2) is 24.0 Å². The number of halogens is 2. The highest BCUT2D eigenvalue weighted by molar-refractivity contribution is 6.00. The molecular formula is C15H12F2O4. The molecule has 0 unspecified atom stereocenters. The molecule has 2 aromatic rings. The minimum absolute atomic E-state index is 0.0953. The van der Waals surface area contributed by atoms with Crippen molar-refractivity contribution in [2.24, 2.45) is 0 Å². The molecule has 110 valence electrons. The molecule has 2 aromatic carbocycles. The van der Waals surface area contributed by atoms with Gasteiger partial charge in [-0.2, -0.15) is 0 Å². The molecule has 0 aromatic heterocycles. The lowest BCUT2D eigenvalue weighted by Crippen LogP contribution is -2.13. The number of benzene rings is 2. The Bertz CT molecular complexity index is 678. The molecule has 0 bridgehead atoms. The Morgan fingerprint density at radius 2 is 1.76 bits per heavy atom. The zero-order valence-corrected chi connectivity index (χ0v) is 11.1. The number of phenolic OH excluding ortho intramolecular Hbond substituents is 2. The van der Waals surface area contributed by atoms with E-state index in [0.717, 1.165) is 18.2 Å². The van der Waals surface area contributed by atoms with Crippen LogP contribution in [-0.2, 0) is 0 Å². The highest BCUT2D eigenvalue weighted by Gasteiger charge is 2.17. The van der Waals surface area contributed by atoms with Crippen molar-refractivity contribution in [3.8, 4) is 17.2 Å². The first-order valence-corrected chi connectivity index (χ1v) is 6.02. The molecule has 0 saturated carbocycles. The summed E-state index contributed by atoms with van der Waals surface area (Å²) in [5, 5.41) is 19.0. The first-order chi connectivity index (χ1) is 9.90. The van der Waals surface area contributed by atoms with Crippen LogP contribution in [0.5, 0.6) is 17.2 Å². The van der Waals surface area contributed by atoms with Crippen LogP contribution in [0.25, 0.3) is 0 Å². The zero-order valence-electron chi connectivity index (χ0n) is 11.1. The van der Waals surface area contributed by atoms with Gasteiger partial charge in [-0.1, -0.05) is 6.07 Å². The highest BCUT2D eigenvalue weighted by Crippen LogP contribution is 2.27. The Hall–Kier alpha value is -2.63. The molecule has 0 amide bonds. The summed E-state index contributed by atoms with van der Waals surface area (Å²) >= 11 is 0. The standard InChI is InChI=1S/C15H12F2O4/c1-8-5-9(13(19)6-12(8)18)14(20)7-21-15-10(16)3-2-4-11(15)17/h2-6,18-19H,7H2,1H3. The van der Waals surface area contributed by atoms with Gasteiger partial charge in [-0.25, -0.2) is 8.78 Å². The molecule has 2 rings (SSSR count). The molecule has 2 N–H and O–H groups in total. The maximum absolute atomic E-state index is 13.3. The van der Waals surface area contributed by atoms with E-state index in [1.54, 1.807) is 6.92 Å². The van der Waals surface area contributed by atoms with Crippen LogP contribution in [0.15, 0.2) is 30.3 Å². The summed E-state index contributed by atoms with van der Waals surface area (Å²) in [7, 11) is 0. The molecule has 0 aliphatic rings. The van der Waals surface area contributed by atoms with Crippen molar-refractivity contribution < 1.29 is 28.5 Å². The van der Waals surface area contributed by atoms with E-state index in [4.69, 9.17) is 4.74 Å². The lowest BCUT2D eigenvalue weighted by molar-refractivity contribution is 0.0913. The van der Waals surface area contributed by atoms with Gasteiger partial charge in [0.25, 0.3) is 0 Å². The maximum Gasteiger partial charge on any atom is 0.203 e. The smallest absolute Gasteiger partial charge is 0.203 e. The number of Topliss-reactive ketones (excluding diaryl/α,β-unsaturated/α-hetero) is 1. The topological polar surface area (TPSA) is 66.8 Å². The van der Waals surface area contributed by atoms with E-state index in [0.29, 0.717) is 5.56 Å². The molecule has 0 atom stereocenters. The lowest BCUT2D eigenvalue weighted by Gasteiger charge is -2.09. The van der Waals surface area contributed by atoms with Crippen LogP contribution in [0.3, 0.4) is 0 Å². The molecule has 6 heteroatoms. The molecule has 4 nitrogen and oxygen atoms in total. The number of para-hydroxylation sites is 1. The number of aryl methyl sites for hydroxylation is 1. The SMILES string of the molecule is Cc1cc(C(=O)COc2c(F)cccc2F)c(O)cc1O. The van der Waals surface area contributed by atoms with E-state index in [1.165, 1.54) is 12.1 Å². The Kier molecular flexibility index (Phi) is 4.07. The van der Waals surface area contributed by atoms with Crippen molar-refractivity contribution in [1.29, 1.82) is 0 Å². The quantitative estimate of drug-likeness (QED) is 0.851. The van der Waals surface area contributed by atoms with Gasteiger partial charge >= 0.3 is 0 Å². The molecule has 21 heavy (non-hydrogen) atoms. The van der Waals surface area contributed by atoms with Crippen molar-refractivity contribution in [2.45, 2.75) is 6.92 Å². The summed E-state index contributed by atoms with van der Waals surface area (Å²) in [6.45, 7) is 0.901. The van der Waals surface area contributed by atoms with Crippen molar-refractivity contribution in [1.82, 2.24) is 0 Å². The number of carbonyl (C=O) groups excluding carboxylic acids is 1. The number of ether oxygens (including phenoxy) is 1. The van der Waals surface area contributed by atoms with Gasteiger partial charge in [0.2, 0.25) is 5.78 Å².